The molecule has 2 aromatic rings. The van der Waals surface area contributed by atoms with Gasteiger partial charge in [0.25, 0.3) is 5.91 Å². The van der Waals surface area contributed by atoms with Crippen LogP contribution in [0.15, 0.2) is 53.7 Å². The summed E-state index contributed by atoms with van der Waals surface area (Å²) in [4.78, 5) is 31.5. The molecule has 2 heterocycles. The summed E-state index contributed by atoms with van der Waals surface area (Å²) < 4.78 is 23.6. The van der Waals surface area contributed by atoms with E-state index >= 15 is 0 Å². The Morgan fingerprint density at radius 1 is 1.20 bits per heavy atom. The Balaban J connectivity index is 1.39. The Hall–Kier alpha value is -2.74. The molecule has 1 saturated heterocycles. The summed E-state index contributed by atoms with van der Waals surface area (Å²) >= 11 is 0. The van der Waals surface area contributed by atoms with E-state index in [2.05, 4.69) is 10.3 Å². The van der Waals surface area contributed by atoms with Gasteiger partial charge in [-0.1, -0.05) is 6.07 Å². The van der Waals surface area contributed by atoms with Crippen LogP contribution in [0.1, 0.15) is 28.8 Å². The summed E-state index contributed by atoms with van der Waals surface area (Å²) in [5, 5.41) is 3.00. The molecule has 7 nitrogen and oxygen atoms in total. The molecule has 0 radical (unpaired) electrons. The molecule has 1 N–H and O–H groups in total. The van der Waals surface area contributed by atoms with Gasteiger partial charge in [0.05, 0.1) is 4.90 Å². The number of likely N-dealkylation sites (tertiary alicyclic amines) is 1. The second-order valence-electron chi connectivity index (χ2n) is 8.18. The van der Waals surface area contributed by atoms with Gasteiger partial charge >= 0.3 is 0 Å². The van der Waals surface area contributed by atoms with E-state index in [1.54, 1.807) is 29.4 Å². The lowest BCUT2D eigenvalue weighted by atomic mass is 9.61. The highest BCUT2D eigenvalue weighted by Crippen LogP contribution is 2.45. The topological polar surface area (TPSA) is 96.4 Å². The molecule has 1 aromatic heterocycles. The lowest BCUT2D eigenvalue weighted by Gasteiger charge is -2.50. The van der Waals surface area contributed by atoms with Crippen LogP contribution in [0.3, 0.4) is 0 Å². The van der Waals surface area contributed by atoms with E-state index in [4.69, 9.17) is 0 Å². The van der Waals surface area contributed by atoms with Crippen LogP contribution in [0.4, 0.5) is 0 Å². The maximum absolute atomic E-state index is 13.0. The summed E-state index contributed by atoms with van der Waals surface area (Å²) in [5.41, 5.74) is 1.37. The molecule has 0 spiro atoms. The quantitative estimate of drug-likeness (QED) is 0.786. The number of carbonyl (C=O) groups excluding carboxylic acids is 2. The molecule has 0 bridgehead atoms. The van der Waals surface area contributed by atoms with E-state index in [1.807, 2.05) is 12.1 Å². The fraction of sp³-hybridized carbons (Fsp3) is 0.409. The van der Waals surface area contributed by atoms with E-state index in [-0.39, 0.29) is 28.5 Å². The number of nitrogens with one attached hydrogen (secondary N) is 1. The van der Waals surface area contributed by atoms with E-state index in [0.717, 1.165) is 24.7 Å². The number of carbonyl (C=O) groups is 2. The van der Waals surface area contributed by atoms with Crippen molar-refractivity contribution in [3.63, 3.8) is 0 Å². The first-order chi connectivity index (χ1) is 14.3. The first-order valence-electron chi connectivity index (χ1n) is 10.1. The number of sulfone groups is 1. The fourth-order valence-electron chi connectivity index (χ4n) is 4.43. The van der Waals surface area contributed by atoms with Gasteiger partial charge in [0.15, 0.2) is 9.84 Å². The number of hydrogen-bond acceptors (Lipinski definition) is 5. The molecular weight excluding hydrogens is 402 g/mol. The maximum Gasteiger partial charge on any atom is 0.253 e. The Kier molecular flexibility index (Phi) is 5.60. The van der Waals surface area contributed by atoms with E-state index < -0.39 is 9.84 Å². The molecule has 158 valence electrons. The van der Waals surface area contributed by atoms with Crippen LogP contribution in [0, 0.1) is 17.8 Å². The Morgan fingerprint density at radius 3 is 2.70 bits per heavy atom. The Bertz CT molecular complexity index is 1060. The third kappa shape index (κ3) is 4.23. The number of pyridine rings is 1. The van der Waals surface area contributed by atoms with Crippen molar-refractivity contribution in [2.24, 2.45) is 17.8 Å². The van der Waals surface area contributed by atoms with Crippen LogP contribution in [0.2, 0.25) is 0 Å². The largest absolute Gasteiger partial charge is 0.352 e. The van der Waals surface area contributed by atoms with Gasteiger partial charge in [-0.3, -0.25) is 14.6 Å². The van der Waals surface area contributed by atoms with Crippen molar-refractivity contribution in [1.29, 1.82) is 0 Å². The molecule has 4 rings (SSSR count). The van der Waals surface area contributed by atoms with Crippen LogP contribution in [0.5, 0.6) is 0 Å². The lowest BCUT2D eigenvalue weighted by Crippen LogP contribution is -2.56. The molecule has 3 atom stereocenters. The number of benzene rings is 1. The number of nitrogens with zero attached hydrogens (tertiary/aromatic N) is 2. The van der Waals surface area contributed by atoms with Crippen LogP contribution < -0.4 is 5.32 Å². The van der Waals surface area contributed by atoms with Crippen LogP contribution in [-0.2, 0) is 21.2 Å². The number of rotatable bonds is 5. The van der Waals surface area contributed by atoms with Crippen LogP contribution in [0.25, 0.3) is 0 Å². The number of amides is 2. The van der Waals surface area contributed by atoms with E-state index in [1.165, 1.54) is 12.1 Å². The third-order valence-electron chi connectivity index (χ3n) is 6.23. The molecule has 1 aliphatic heterocycles. The monoisotopic (exact) mass is 427 g/mol. The number of fused-ring (bicyclic) bond motifs is 1. The molecule has 1 aliphatic carbocycles. The van der Waals surface area contributed by atoms with Gasteiger partial charge < -0.3 is 10.2 Å². The minimum atomic E-state index is -3.37. The van der Waals surface area contributed by atoms with Gasteiger partial charge in [-0.05, 0) is 60.6 Å². The Morgan fingerprint density at radius 2 is 1.97 bits per heavy atom. The summed E-state index contributed by atoms with van der Waals surface area (Å²) in [7, 11) is -3.37. The first kappa shape index (κ1) is 20.5. The van der Waals surface area contributed by atoms with Crippen LogP contribution >= 0.6 is 0 Å². The Labute approximate surface area is 176 Å². The SMILES string of the molecule is CS(=O)(=O)c1cccc(C(=O)N2CC[C@@H]3C[C@@H](C(=O)NCc4ccncc4)[C@@H]3C2)c1. The average Bonchev–Trinajstić information content (AvgIpc) is 2.73. The van der Waals surface area contributed by atoms with E-state index in [0.29, 0.717) is 31.1 Å². The molecule has 2 amide bonds. The van der Waals surface area contributed by atoms with Crippen molar-refractivity contribution in [1.82, 2.24) is 15.2 Å². The van der Waals surface area contributed by atoms with Gasteiger partial charge in [-0.15, -0.1) is 0 Å². The predicted molar refractivity (Wildman–Crippen MR) is 111 cm³/mol. The van der Waals surface area contributed by atoms with Gasteiger partial charge in [0.1, 0.15) is 0 Å². The highest BCUT2D eigenvalue weighted by molar-refractivity contribution is 7.90. The van der Waals surface area contributed by atoms with Gasteiger partial charge in [-0.2, -0.15) is 0 Å². The molecule has 2 aliphatic rings. The molecule has 1 saturated carbocycles. The van der Waals surface area contributed by atoms with Crippen molar-refractivity contribution in [3.8, 4) is 0 Å². The molecule has 30 heavy (non-hydrogen) atoms. The number of hydrogen-bond donors (Lipinski definition) is 1. The molecule has 1 aromatic carbocycles. The average molecular weight is 428 g/mol. The summed E-state index contributed by atoms with van der Waals surface area (Å²) in [6.07, 6.45) is 6.26. The third-order valence-corrected chi connectivity index (χ3v) is 7.34. The van der Waals surface area contributed by atoms with E-state index in [9.17, 15) is 18.0 Å². The predicted octanol–water partition coefficient (Wildman–Crippen LogP) is 1.90. The smallest absolute Gasteiger partial charge is 0.253 e. The zero-order valence-corrected chi connectivity index (χ0v) is 17.6. The zero-order chi connectivity index (χ0) is 21.3. The minimum absolute atomic E-state index is 0.0291. The highest BCUT2D eigenvalue weighted by atomic mass is 32.2. The maximum atomic E-state index is 13.0. The second-order valence-corrected chi connectivity index (χ2v) is 10.2. The van der Waals surface area contributed by atoms with Crippen molar-refractivity contribution < 1.29 is 18.0 Å². The normalized spacial score (nSPS) is 23.2. The van der Waals surface area contributed by atoms with Crippen molar-refractivity contribution >= 4 is 21.7 Å². The second kappa shape index (κ2) is 8.18. The van der Waals surface area contributed by atoms with Crippen molar-refractivity contribution in [2.45, 2.75) is 24.3 Å². The molecule has 8 heteroatoms. The minimum Gasteiger partial charge on any atom is -0.352 e. The van der Waals surface area contributed by atoms with Gasteiger partial charge in [0.2, 0.25) is 5.91 Å². The molecule has 2 fully saturated rings. The zero-order valence-electron chi connectivity index (χ0n) is 16.8. The first-order valence-corrected chi connectivity index (χ1v) is 12.0. The standard InChI is InChI=1S/C22H25N3O4S/c1-30(28,29)18-4-2-3-17(11-18)22(27)25-10-7-16-12-19(20(16)14-25)21(26)24-13-15-5-8-23-9-6-15/h2-6,8-9,11,16,19-20H,7,10,12-14H2,1H3,(H,24,26)/t16-,19-,20-/m1/s1. The number of piperidine rings is 1. The summed E-state index contributed by atoms with van der Waals surface area (Å²) in [6, 6.07) is 9.90. The van der Waals surface area contributed by atoms with Gasteiger partial charge in [0, 0.05) is 49.8 Å². The van der Waals surface area contributed by atoms with Gasteiger partial charge in [-0.25, -0.2) is 8.42 Å². The van der Waals surface area contributed by atoms with Crippen molar-refractivity contribution in [3.05, 3.63) is 59.9 Å². The summed E-state index contributed by atoms with van der Waals surface area (Å²) in [5.74, 6) is 0.379. The summed E-state index contributed by atoms with van der Waals surface area (Å²) in [6.45, 7) is 1.63. The van der Waals surface area contributed by atoms with Crippen LogP contribution in [-0.4, -0.2) is 49.5 Å². The fourth-order valence-corrected chi connectivity index (χ4v) is 5.10. The highest BCUT2D eigenvalue weighted by Gasteiger charge is 2.48. The molecular formula is C22H25N3O4S. The molecule has 0 unspecified atom stereocenters. The number of aromatic nitrogens is 1. The van der Waals surface area contributed by atoms with Crippen molar-refractivity contribution in [2.75, 3.05) is 19.3 Å². The lowest BCUT2D eigenvalue weighted by molar-refractivity contribution is -0.136.